The van der Waals surface area contributed by atoms with Crippen LogP contribution in [0.3, 0.4) is 0 Å². The van der Waals surface area contributed by atoms with E-state index in [-0.39, 0.29) is 11.7 Å². The highest BCUT2D eigenvalue weighted by Crippen LogP contribution is 2.28. The predicted octanol–water partition coefficient (Wildman–Crippen LogP) is 3.29. The van der Waals surface area contributed by atoms with Crippen LogP contribution in [0.5, 0.6) is 0 Å². The fraction of sp³-hybridized carbons (Fsp3) is 0.304. The number of aryl methyl sites for hydroxylation is 1. The maximum absolute atomic E-state index is 12.3. The standard InChI is InChI=1S/C23H26N6O2S/c1-17-9-11-19(12-10-17)29-22(28-13-5-6-14-28)26-27-23(29)32-16-20(30)25-21(31)24-15-18-7-3-2-4-8-18/h2-4,7-12H,5-6,13-16H2,1H3,(H2,24,25,30,31). The maximum Gasteiger partial charge on any atom is 0.321 e. The van der Waals surface area contributed by atoms with Crippen molar-refractivity contribution in [3.63, 3.8) is 0 Å². The Hall–Kier alpha value is -3.33. The number of aromatic nitrogens is 3. The van der Waals surface area contributed by atoms with Crippen LogP contribution in [-0.2, 0) is 11.3 Å². The van der Waals surface area contributed by atoms with Crippen molar-refractivity contribution in [2.45, 2.75) is 31.5 Å². The number of nitrogens with one attached hydrogen (secondary N) is 2. The molecule has 0 atom stereocenters. The van der Waals surface area contributed by atoms with Crippen molar-refractivity contribution in [2.75, 3.05) is 23.7 Å². The number of imide groups is 1. The highest BCUT2D eigenvalue weighted by Gasteiger charge is 2.23. The van der Waals surface area contributed by atoms with Gasteiger partial charge in [-0.3, -0.25) is 14.7 Å². The summed E-state index contributed by atoms with van der Waals surface area (Å²) in [5, 5.41) is 14.4. The number of benzene rings is 2. The Morgan fingerprint density at radius 1 is 1.00 bits per heavy atom. The highest BCUT2D eigenvalue weighted by molar-refractivity contribution is 7.99. The van der Waals surface area contributed by atoms with Crippen molar-refractivity contribution in [3.05, 3.63) is 65.7 Å². The predicted molar refractivity (Wildman–Crippen MR) is 125 cm³/mol. The Morgan fingerprint density at radius 2 is 1.72 bits per heavy atom. The van der Waals surface area contributed by atoms with Crippen molar-refractivity contribution in [2.24, 2.45) is 0 Å². The number of rotatable bonds is 7. The van der Waals surface area contributed by atoms with E-state index in [0.717, 1.165) is 43.1 Å². The van der Waals surface area contributed by atoms with E-state index in [1.54, 1.807) is 0 Å². The van der Waals surface area contributed by atoms with E-state index >= 15 is 0 Å². The molecule has 166 valence electrons. The van der Waals surface area contributed by atoms with E-state index < -0.39 is 6.03 Å². The van der Waals surface area contributed by atoms with Gasteiger partial charge in [0.1, 0.15) is 0 Å². The first kappa shape index (κ1) is 21.9. The molecule has 3 aromatic rings. The Kier molecular flexibility index (Phi) is 7.06. The van der Waals surface area contributed by atoms with E-state index in [9.17, 15) is 9.59 Å². The number of nitrogens with zero attached hydrogens (tertiary/aromatic N) is 4. The van der Waals surface area contributed by atoms with Crippen LogP contribution in [0.15, 0.2) is 59.8 Å². The fourth-order valence-corrected chi connectivity index (χ4v) is 4.26. The molecule has 32 heavy (non-hydrogen) atoms. The molecule has 1 fully saturated rings. The molecule has 0 aliphatic carbocycles. The quantitative estimate of drug-likeness (QED) is 0.537. The fourth-order valence-electron chi connectivity index (χ4n) is 3.51. The molecule has 1 saturated heterocycles. The number of hydrogen-bond acceptors (Lipinski definition) is 6. The highest BCUT2D eigenvalue weighted by atomic mass is 32.2. The molecule has 2 heterocycles. The molecular formula is C23H26N6O2S. The van der Waals surface area contributed by atoms with Gasteiger partial charge in [-0.15, -0.1) is 10.2 Å². The molecule has 2 N–H and O–H groups in total. The van der Waals surface area contributed by atoms with E-state index in [0.29, 0.717) is 11.7 Å². The lowest BCUT2D eigenvalue weighted by molar-refractivity contribution is -0.117. The smallest absolute Gasteiger partial charge is 0.321 e. The lowest BCUT2D eigenvalue weighted by Crippen LogP contribution is -2.40. The molecular weight excluding hydrogens is 424 g/mol. The minimum atomic E-state index is -0.516. The average Bonchev–Trinajstić information content (AvgIpc) is 3.47. The average molecular weight is 451 g/mol. The molecule has 0 radical (unpaired) electrons. The molecule has 0 spiro atoms. The largest absolute Gasteiger partial charge is 0.341 e. The normalized spacial score (nSPS) is 13.2. The second kappa shape index (κ2) is 10.3. The van der Waals surface area contributed by atoms with Gasteiger partial charge in [-0.25, -0.2) is 4.79 Å². The van der Waals surface area contributed by atoms with Gasteiger partial charge < -0.3 is 10.2 Å². The molecule has 1 aromatic heterocycles. The van der Waals surface area contributed by atoms with Crippen LogP contribution in [0.4, 0.5) is 10.7 Å². The Morgan fingerprint density at radius 3 is 2.44 bits per heavy atom. The number of urea groups is 1. The SMILES string of the molecule is Cc1ccc(-n2c(SCC(=O)NC(=O)NCc3ccccc3)nnc2N2CCCC2)cc1. The van der Waals surface area contributed by atoms with Crippen molar-refractivity contribution in [1.29, 1.82) is 0 Å². The summed E-state index contributed by atoms with van der Waals surface area (Å²) in [5.41, 5.74) is 3.08. The second-order valence-corrected chi connectivity index (χ2v) is 8.60. The van der Waals surface area contributed by atoms with Crippen LogP contribution in [0.25, 0.3) is 5.69 Å². The Balaban J connectivity index is 1.39. The zero-order valence-corrected chi connectivity index (χ0v) is 18.8. The van der Waals surface area contributed by atoms with E-state index in [2.05, 4.69) is 25.7 Å². The summed E-state index contributed by atoms with van der Waals surface area (Å²) in [4.78, 5) is 26.6. The van der Waals surface area contributed by atoms with Crippen molar-refractivity contribution < 1.29 is 9.59 Å². The van der Waals surface area contributed by atoms with Gasteiger partial charge in [0.05, 0.1) is 11.4 Å². The third-order valence-electron chi connectivity index (χ3n) is 5.18. The zero-order chi connectivity index (χ0) is 22.3. The van der Waals surface area contributed by atoms with Gasteiger partial charge in [0.2, 0.25) is 11.9 Å². The summed E-state index contributed by atoms with van der Waals surface area (Å²) in [6.07, 6.45) is 2.26. The molecule has 4 rings (SSSR count). The molecule has 2 aromatic carbocycles. The first-order valence-corrected chi connectivity index (χ1v) is 11.6. The molecule has 0 unspecified atom stereocenters. The van der Waals surface area contributed by atoms with Crippen LogP contribution in [0.2, 0.25) is 0 Å². The van der Waals surface area contributed by atoms with E-state index in [1.165, 1.54) is 17.3 Å². The molecule has 3 amide bonds. The lowest BCUT2D eigenvalue weighted by atomic mass is 10.2. The molecule has 1 aliphatic heterocycles. The second-order valence-electron chi connectivity index (χ2n) is 7.65. The maximum atomic E-state index is 12.3. The molecule has 8 nitrogen and oxygen atoms in total. The first-order chi connectivity index (χ1) is 15.6. The zero-order valence-electron chi connectivity index (χ0n) is 18.0. The van der Waals surface area contributed by atoms with Crippen molar-refractivity contribution in [1.82, 2.24) is 25.4 Å². The Labute approximate surface area is 191 Å². The summed E-state index contributed by atoms with van der Waals surface area (Å²) >= 11 is 1.26. The van der Waals surface area contributed by atoms with Gasteiger partial charge in [-0.1, -0.05) is 59.8 Å². The molecule has 0 bridgehead atoms. The van der Waals surface area contributed by atoms with Crippen LogP contribution < -0.4 is 15.5 Å². The van der Waals surface area contributed by atoms with E-state index in [1.807, 2.05) is 66.1 Å². The van der Waals surface area contributed by atoms with Crippen LogP contribution >= 0.6 is 11.8 Å². The molecule has 1 aliphatic rings. The third-order valence-corrected chi connectivity index (χ3v) is 6.11. The summed E-state index contributed by atoms with van der Waals surface area (Å²) < 4.78 is 1.98. The topological polar surface area (TPSA) is 92.2 Å². The van der Waals surface area contributed by atoms with Crippen molar-refractivity contribution >= 4 is 29.6 Å². The minimum Gasteiger partial charge on any atom is -0.341 e. The van der Waals surface area contributed by atoms with Gasteiger partial charge in [0.25, 0.3) is 0 Å². The van der Waals surface area contributed by atoms with Gasteiger partial charge >= 0.3 is 6.03 Å². The van der Waals surface area contributed by atoms with Gasteiger partial charge in [-0.05, 0) is 37.5 Å². The van der Waals surface area contributed by atoms with Crippen LogP contribution in [-0.4, -0.2) is 45.5 Å². The summed E-state index contributed by atoms with van der Waals surface area (Å²) in [6.45, 7) is 4.28. The number of carbonyl (C=O) groups excluding carboxylic acids is 2. The molecule has 0 saturated carbocycles. The third kappa shape index (κ3) is 5.47. The monoisotopic (exact) mass is 450 g/mol. The first-order valence-electron chi connectivity index (χ1n) is 10.6. The number of hydrogen-bond donors (Lipinski definition) is 2. The number of carbonyl (C=O) groups is 2. The molecule has 9 heteroatoms. The Bertz CT molecular complexity index is 1060. The van der Waals surface area contributed by atoms with E-state index in [4.69, 9.17) is 0 Å². The summed E-state index contributed by atoms with van der Waals surface area (Å²) in [6, 6.07) is 17.2. The number of amides is 3. The summed E-state index contributed by atoms with van der Waals surface area (Å²) in [7, 11) is 0. The minimum absolute atomic E-state index is 0.0583. The van der Waals surface area contributed by atoms with Crippen LogP contribution in [0, 0.1) is 6.92 Å². The van der Waals surface area contributed by atoms with Gasteiger partial charge in [-0.2, -0.15) is 0 Å². The number of thioether (sulfide) groups is 1. The van der Waals surface area contributed by atoms with Gasteiger partial charge in [0.15, 0.2) is 5.16 Å². The van der Waals surface area contributed by atoms with Crippen molar-refractivity contribution in [3.8, 4) is 5.69 Å². The number of anilines is 1. The lowest BCUT2D eigenvalue weighted by Gasteiger charge is -2.18. The summed E-state index contributed by atoms with van der Waals surface area (Å²) in [5.74, 6) is 0.458. The van der Waals surface area contributed by atoms with Gasteiger partial charge in [0, 0.05) is 19.6 Å². The van der Waals surface area contributed by atoms with Crippen LogP contribution in [0.1, 0.15) is 24.0 Å².